The number of pyridine rings is 1. The van der Waals surface area contributed by atoms with Crippen LogP contribution in [0.25, 0.3) is 33.4 Å². The van der Waals surface area contributed by atoms with Gasteiger partial charge in [-0.15, -0.1) is 0 Å². The fourth-order valence-electron chi connectivity index (χ4n) is 4.26. The van der Waals surface area contributed by atoms with Crippen molar-refractivity contribution in [2.45, 2.75) is 12.7 Å². The number of hydrogen-bond acceptors (Lipinski definition) is 5. The molecule has 2 heterocycles. The molecule has 3 N–H and O–H groups in total. The maximum Gasteiger partial charge on any atom is 0.417 e. The first-order chi connectivity index (χ1) is 18.6. The molecule has 0 saturated heterocycles. The molecule has 3 aromatic carbocycles. The van der Waals surface area contributed by atoms with E-state index in [1.165, 1.54) is 30.3 Å². The van der Waals surface area contributed by atoms with Crippen LogP contribution in [0, 0.1) is 0 Å². The molecule has 0 amide bonds. The molecule has 11 heteroatoms. The molecule has 0 atom stereocenters. The summed E-state index contributed by atoms with van der Waals surface area (Å²) >= 11 is 6.12. The van der Waals surface area contributed by atoms with Crippen molar-refractivity contribution in [3.05, 3.63) is 106 Å². The molecule has 7 nitrogen and oxygen atoms in total. The Morgan fingerprint density at radius 2 is 1.69 bits per heavy atom. The van der Waals surface area contributed by atoms with Crippen LogP contribution in [-0.4, -0.2) is 31.7 Å². The number of halogens is 4. The molecule has 39 heavy (non-hydrogen) atoms. The third-order valence-electron chi connectivity index (χ3n) is 6.17. The first kappa shape index (κ1) is 26.1. The quantitative estimate of drug-likeness (QED) is 0.266. The molecule has 0 radical (unpaired) electrons. The fraction of sp³-hybridized carbons (Fsp3) is 0.0714. The second-order valence-electron chi connectivity index (χ2n) is 8.59. The molecule has 0 spiro atoms. The molecule has 0 saturated carbocycles. The highest BCUT2D eigenvalue weighted by molar-refractivity contribution is 6.34. The summed E-state index contributed by atoms with van der Waals surface area (Å²) in [4.78, 5) is 29.3. The monoisotopic (exact) mass is 550 g/mol. The Morgan fingerprint density at radius 3 is 2.36 bits per heavy atom. The number of nitrogens with zero attached hydrogens (tertiary/aromatic N) is 3. The van der Waals surface area contributed by atoms with Gasteiger partial charge in [-0.3, -0.25) is 9.78 Å². The van der Waals surface area contributed by atoms with Crippen LogP contribution in [0.15, 0.2) is 79.0 Å². The molecule has 0 fully saturated rings. The first-order valence-corrected chi connectivity index (χ1v) is 11.9. The third kappa shape index (κ3) is 4.87. The number of nitrogens with two attached hydrogens (primary N) is 1. The fourth-order valence-corrected chi connectivity index (χ4v) is 4.51. The van der Waals surface area contributed by atoms with Crippen LogP contribution in [0.1, 0.15) is 31.8 Å². The number of carboxylic acids is 1. The van der Waals surface area contributed by atoms with Gasteiger partial charge in [0.1, 0.15) is 5.69 Å². The van der Waals surface area contributed by atoms with Crippen molar-refractivity contribution in [1.82, 2.24) is 14.8 Å². The van der Waals surface area contributed by atoms with E-state index in [2.05, 4.69) is 10.1 Å². The number of benzene rings is 3. The van der Waals surface area contributed by atoms with Crippen LogP contribution >= 0.6 is 11.6 Å². The van der Waals surface area contributed by atoms with E-state index >= 15 is 0 Å². The van der Waals surface area contributed by atoms with E-state index in [4.69, 9.17) is 17.3 Å². The first-order valence-electron chi connectivity index (χ1n) is 11.5. The Balaban J connectivity index is 1.76. The summed E-state index contributed by atoms with van der Waals surface area (Å²) in [6, 6.07) is 17.4. The van der Waals surface area contributed by atoms with Gasteiger partial charge in [-0.1, -0.05) is 35.9 Å². The highest BCUT2D eigenvalue weighted by atomic mass is 35.5. The highest BCUT2D eigenvalue weighted by Crippen LogP contribution is 2.37. The van der Waals surface area contributed by atoms with Crippen LogP contribution in [0.4, 0.5) is 13.2 Å². The maximum absolute atomic E-state index is 13.8. The van der Waals surface area contributed by atoms with Crippen LogP contribution in [0.3, 0.4) is 0 Å². The number of carboxylic acid groups (broad SMARTS) is 1. The van der Waals surface area contributed by atoms with Crippen molar-refractivity contribution in [1.29, 1.82) is 0 Å². The van der Waals surface area contributed by atoms with Crippen LogP contribution in [-0.2, 0) is 12.7 Å². The van der Waals surface area contributed by atoms with Crippen molar-refractivity contribution in [2.24, 2.45) is 5.73 Å². The molecule has 0 aliphatic heterocycles. The van der Waals surface area contributed by atoms with Gasteiger partial charge in [0.2, 0.25) is 0 Å². The number of rotatable bonds is 5. The summed E-state index contributed by atoms with van der Waals surface area (Å²) in [5.74, 6) is -2.20. The lowest BCUT2D eigenvalue weighted by atomic mass is 10.0. The Bertz CT molecular complexity index is 1750. The predicted molar refractivity (Wildman–Crippen MR) is 139 cm³/mol. The number of alkyl halides is 3. The molecule has 0 unspecified atom stereocenters. The molecule has 0 aliphatic rings. The molecular weight excluding hydrogens is 533 g/mol. The zero-order chi connectivity index (χ0) is 27.9. The van der Waals surface area contributed by atoms with Gasteiger partial charge in [0.15, 0.2) is 0 Å². The van der Waals surface area contributed by atoms with E-state index in [1.807, 2.05) is 0 Å². The van der Waals surface area contributed by atoms with Crippen molar-refractivity contribution < 1.29 is 27.9 Å². The second kappa shape index (κ2) is 9.97. The van der Waals surface area contributed by atoms with Gasteiger partial charge >= 0.3 is 12.1 Å². The molecule has 196 valence electrons. The normalized spacial score (nSPS) is 11.6. The van der Waals surface area contributed by atoms with Gasteiger partial charge in [0.05, 0.1) is 32.9 Å². The van der Waals surface area contributed by atoms with Gasteiger partial charge in [0, 0.05) is 29.3 Å². The number of aromatic carboxylic acids is 1. The molecular formula is C28H18ClF3N4O3. The summed E-state index contributed by atoms with van der Waals surface area (Å²) in [5, 5.41) is 13.7. The number of fused-ring (bicyclic) bond motifs is 1. The highest BCUT2D eigenvalue weighted by Gasteiger charge is 2.37. The SMILES string of the molecule is NCc1ccnc(-c2ccc3c(-c4ccc(C(=O)O)cc4)nn(C(=O)c4c(Cl)cccc4C(F)(F)F)c3c2)c1. The molecule has 0 bridgehead atoms. The lowest BCUT2D eigenvalue weighted by Gasteiger charge is -2.13. The molecule has 5 rings (SSSR count). The van der Waals surface area contributed by atoms with Gasteiger partial charge in [-0.2, -0.15) is 23.0 Å². The Hall–Kier alpha value is -4.54. The largest absolute Gasteiger partial charge is 0.478 e. The average Bonchev–Trinajstić information content (AvgIpc) is 3.31. The third-order valence-corrected chi connectivity index (χ3v) is 6.48. The summed E-state index contributed by atoms with van der Waals surface area (Å²) in [5.41, 5.74) is 6.74. The summed E-state index contributed by atoms with van der Waals surface area (Å²) in [6.07, 6.45) is -3.26. The van der Waals surface area contributed by atoms with E-state index in [-0.39, 0.29) is 28.3 Å². The summed E-state index contributed by atoms with van der Waals surface area (Å²) in [7, 11) is 0. The van der Waals surface area contributed by atoms with Crippen molar-refractivity contribution >= 4 is 34.4 Å². The van der Waals surface area contributed by atoms with Gasteiger partial charge < -0.3 is 10.8 Å². The Kier molecular flexibility index (Phi) is 6.67. The number of carbonyl (C=O) groups is 2. The predicted octanol–water partition coefficient (Wildman–Crippen LogP) is 6.28. The van der Waals surface area contributed by atoms with Gasteiger partial charge in [-0.25, -0.2) is 4.79 Å². The zero-order valence-electron chi connectivity index (χ0n) is 19.9. The summed E-state index contributed by atoms with van der Waals surface area (Å²) in [6.45, 7) is 0.275. The van der Waals surface area contributed by atoms with Crippen molar-refractivity contribution in [3.63, 3.8) is 0 Å². The molecule has 2 aromatic heterocycles. The van der Waals surface area contributed by atoms with Crippen LogP contribution in [0.2, 0.25) is 5.02 Å². The Labute approximate surface area is 224 Å². The van der Waals surface area contributed by atoms with E-state index in [9.17, 15) is 27.9 Å². The summed E-state index contributed by atoms with van der Waals surface area (Å²) < 4.78 is 42.4. The molecule has 5 aromatic rings. The van der Waals surface area contributed by atoms with Crippen molar-refractivity contribution in [3.8, 4) is 22.5 Å². The molecule has 0 aliphatic carbocycles. The standard InChI is InChI=1S/C28H18ClF3N4O3/c29-21-3-1-2-20(28(30,31)32)24(21)26(37)36-23-13-18(22-12-15(14-33)10-11-34-22)8-9-19(23)25(35-36)16-4-6-17(7-5-16)27(38)39/h1-13H,14,33H2,(H,38,39). The number of carbonyl (C=O) groups excluding carboxylic acids is 1. The maximum atomic E-state index is 13.8. The minimum Gasteiger partial charge on any atom is -0.478 e. The lowest BCUT2D eigenvalue weighted by Crippen LogP contribution is -2.20. The van der Waals surface area contributed by atoms with E-state index in [1.54, 1.807) is 36.5 Å². The minimum absolute atomic E-state index is 0.0394. The van der Waals surface area contributed by atoms with Gasteiger partial charge in [0.25, 0.3) is 5.91 Å². The minimum atomic E-state index is -4.84. The smallest absolute Gasteiger partial charge is 0.417 e. The van der Waals surface area contributed by atoms with Crippen LogP contribution < -0.4 is 5.73 Å². The van der Waals surface area contributed by atoms with Gasteiger partial charge in [-0.05, 0) is 54.1 Å². The average molecular weight is 551 g/mol. The van der Waals surface area contributed by atoms with E-state index < -0.39 is 29.2 Å². The zero-order valence-corrected chi connectivity index (χ0v) is 20.7. The van der Waals surface area contributed by atoms with E-state index in [0.717, 1.165) is 22.4 Å². The van der Waals surface area contributed by atoms with E-state index in [0.29, 0.717) is 22.2 Å². The van der Waals surface area contributed by atoms with Crippen molar-refractivity contribution in [2.75, 3.05) is 0 Å². The number of hydrogen-bond donors (Lipinski definition) is 2. The lowest BCUT2D eigenvalue weighted by molar-refractivity contribution is -0.137. The number of aromatic nitrogens is 3. The topological polar surface area (TPSA) is 111 Å². The van der Waals surface area contributed by atoms with Crippen LogP contribution in [0.5, 0.6) is 0 Å². The second-order valence-corrected chi connectivity index (χ2v) is 9.00. The Morgan fingerprint density at radius 1 is 0.974 bits per heavy atom.